The molecule has 144 valence electrons. The fourth-order valence-electron chi connectivity index (χ4n) is 2.43. The second-order valence-corrected chi connectivity index (χ2v) is 6.11. The Bertz CT molecular complexity index is 812. The summed E-state index contributed by atoms with van der Waals surface area (Å²) in [5.74, 6) is -0.883. The van der Waals surface area contributed by atoms with Gasteiger partial charge in [-0.15, -0.1) is 0 Å². The van der Waals surface area contributed by atoms with E-state index in [4.69, 9.17) is 9.47 Å². The summed E-state index contributed by atoms with van der Waals surface area (Å²) < 4.78 is 10.6. The van der Waals surface area contributed by atoms with Gasteiger partial charge in [0.25, 0.3) is 0 Å². The Balaban J connectivity index is 2.16. The monoisotopic (exact) mass is 372 g/mol. The van der Waals surface area contributed by atoms with E-state index in [0.717, 1.165) is 12.8 Å². The first kappa shape index (κ1) is 20.3. The number of aromatic hydroxyl groups is 2. The number of phenols is 2. The van der Waals surface area contributed by atoms with Crippen LogP contribution in [0.15, 0.2) is 36.4 Å². The van der Waals surface area contributed by atoms with Crippen molar-refractivity contribution in [1.29, 1.82) is 0 Å². The third-order valence-corrected chi connectivity index (χ3v) is 3.88. The number of hydrogen-bond donors (Lipinski definition) is 2. The van der Waals surface area contributed by atoms with Crippen molar-refractivity contribution >= 4 is 11.8 Å². The molecule has 0 heterocycles. The second-order valence-electron chi connectivity index (χ2n) is 6.11. The SMILES string of the molecule is CCCCOc1ccc(C(=O)c2ccc(OC(=O)CCC)cc2O)c(O)c1. The minimum Gasteiger partial charge on any atom is -0.507 e. The maximum absolute atomic E-state index is 12.6. The maximum atomic E-state index is 12.6. The number of carbonyl (C=O) groups excluding carboxylic acids is 2. The first-order valence-corrected chi connectivity index (χ1v) is 9.00. The number of phenolic OH excluding ortho intramolecular Hbond substituents is 2. The van der Waals surface area contributed by atoms with Gasteiger partial charge in [0.05, 0.1) is 17.7 Å². The first-order valence-electron chi connectivity index (χ1n) is 9.00. The van der Waals surface area contributed by atoms with Crippen LogP contribution in [0.5, 0.6) is 23.0 Å². The molecule has 0 atom stereocenters. The van der Waals surface area contributed by atoms with Crippen molar-refractivity contribution in [2.75, 3.05) is 6.61 Å². The van der Waals surface area contributed by atoms with Crippen LogP contribution in [0.25, 0.3) is 0 Å². The van der Waals surface area contributed by atoms with Crippen molar-refractivity contribution in [2.45, 2.75) is 39.5 Å². The van der Waals surface area contributed by atoms with Crippen molar-refractivity contribution in [3.05, 3.63) is 47.5 Å². The number of esters is 1. The minimum absolute atomic E-state index is 0.000224. The van der Waals surface area contributed by atoms with Crippen LogP contribution in [0, 0.1) is 0 Å². The van der Waals surface area contributed by atoms with E-state index in [1.165, 1.54) is 30.3 Å². The maximum Gasteiger partial charge on any atom is 0.311 e. The summed E-state index contributed by atoms with van der Waals surface area (Å²) in [7, 11) is 0. The number of ether oxygens (including phenoxy) is 2. The van der Waals surface area contributed by atoms with Crippen molar-refractivity contribution in [3.8, 4) is 23.0 Å². The van der Waals surface area contributed by atoms with Crippen LogP contribution in [-0.2, 0) is 4.79 Å². The average molecular weight is 372 g/mol. The summed E-state index contributed by atoms with van der Waals surface area (Å²) in [6.45, 7) is 4.43. The molecule has 0 spiro atoms. The summed E-state index contributed by atoms with van der Waals surface area (Å²) in [5, 5.41) is 20.3. The first-order chi connectivity index (χ1) is 13.0. The predicted octanol–water partition coefficient (Wildman–Crippen LogP) is 4.21. The molecule has 0 saturated heterocycles. The molecule has 0 unspecified atom stereocenters. The number of hydrogen-bond acceptors (Lipinski definition) is 6. The van der Waals surface area contributed by atoms with Crippen LogP contribution in [-0.4, -0.2) is 28.6 Å². The molecular weight excluding hydrogens is 348 g/mol. The highest BCUT2D eigenvalue weighted by molar-refractivity contribution is 6.12. The van der Waals surface area contributed by atoms with Gasteiger partial charge in [-0.3, -0.25) is 9.59 Å². The van der Waals surface area contributed by atoms with Crippen LogP contribution in [0.2, 0.25) is 0 Å². The van der Waals surface area contributed by atoms with Crippen molar-refractivity contribution in [3.63, 3.8) is 0 Å². The Morgan fingerprint density at radius 2 is 1.48 bits per heavy atom. The Morgan fingerprint density at radius 1 is 0.889 bits per heavy atom. The average Bonchev–Trinajstić information content (AvgIpc) is 2.62. The lowest BCUT2D eigenvalue weighted by Crippen LogP contribution is -2.07. The zero-order valence-corrected chi connectivity index (χ0v) is 15.5. The van der Waals surface area contributed by atoms with Gasteiger partial charge in [-0.2, -0.15) is 0 Å². The van der Waals surface area contributed by atoms with Gasteiger partial charge in [0.15, 0.2) is 5.78 Å². The molecule has 6 nitrogen and oxygen atoms in total. The van der Waals surface area contributed by atoms with Crippen LogP contribution < -0.4 is 9.47 Å². The Hall–Kier alpha value is -3.02. The Labute approximate surface area is 158 Å². The van der Waals surface area contributed by atoms with E-state index in [2.05, 4.69) is 0 Å². The molecule has 0 aliphatic carbocycles. The lowest BCUT2D eigenvalue weighted by Gasteiger charge is -2.10. The normalized spacial score (nSPS) is 10.4. The lowest BCUT2D eigenvalue weighted by atomic mass is 10.0. The molecular formula is C21H24O6. The molecule has 0 aliphatic rings. The molecule has 2 aromatic rings. The standard InChI is InChI=1S/C21H24O6/c1-3-5-11-26-14-7-9-16(18(22)12-14)21(25)17-10-8-15(13-19(17)23)27-20(24)6-4-2/h7-10,12-13,22-23H,3-6,11H2,1-2H3. The van der Waals surface area contributed by atoms with E-state index in [-0.39, 0.29) is 34.8 Å². The van der Waals surface area contributed by atoms with Gasteiger partial charge in [-0.25, -0.2) is 0 Å². The summed E-state index contributed by atoms with van der Waals surface area (Å²) in [6.07, 6.45) is 2.80. The Morgan fingerprint density at radius 3 is 2.04 bits per heavy atom. The highest BCUT2D eigenvalue weighted by Gasteiger charge is 2.19. The highest BCUT2D eigenvalue weighted by atomic mass is 16.5. The zero-order valence-electron chi connectivity index (χ0n) is 15.5. The molecule has 2 aromatic carbocycles. The smallest absolute Gasteiger partial charge is 0.311 e. The van der Waals surface area contributed by atoms with Crippen molar-refractivity contribution in [2.24, 2.45) is 0 Å². The van der Waals surface area contributed by atoms with E-state index in [1.807, 2.05) is 13.8 Å². The zero-order chi connectivity index (χ0) is 19.8. The molecule has 0 radical (unpaired) electrons. The summed E-state index contributed by atoms with van der Waals surface area (Å²) >= 11 is 0. The second kappa shape index (κ2) is 9.62. The molecule has 0 bridgehead atoms. The summed E-state index contributed by atoms with van der Waals surface area (Å²) in [4.78, 5) is 24.1. The molecule has 6 heteroatoms. The van der Waals surface area contributed by atoms with E-state index < -0.39 is 11.8 Å². The van der Waals surface area contributed by atoms with Gasteiger partial charge in [0.2, 0.25) is 0 Å². The predicted molar refractivity (Wildman–Crippen MR) is 101 cm³/mol. The third-order valence-electron chi connectivity index (χ3n) is 3.88. The highest BCUT2D eigenvalue weighted by Crippen LogP contribution is 2.30. The fraction of sp³-hybridized carbons (Fsp3) is 0.333. The molecule has 0 saturated carbocycles. The van der Waals surface area contributed by atoms with Gasteiger partial charge in [-0.1, -0.05) is 20.3 Å². The van der Waals surface area contributed by atoms with E-state index in [1.54, 1.807) is 6.07 Å². The summed E-state index contributed by atoms with van der Waals surface area (Å²) in [5.41, 5.74) is 0.0455. The van der Waals surface area contributed by atoms with Gasteiger partial charge in [0.1, 0.15) is 23.0 Å². The van der Waals surface area contributed by atoms with Gasteiger partial charge >= 0.3 is 5.97 Å². The number of ketones is 1. The molecule has 2 rings (SSSR count). The van der Waals surface area contributed by atoms with Crippen molar-refractivity contribution < 1.29 is 29.3 Å². The van der Waals surface area contributed by atoms with Crippen LogP contribution in [0.1, 0.15) is 55.5 Å². The quantitative estimate of drug-likeness (QED) is 0.296. The van der Waals surface area contributed by atoms with Crippen LogP contribution in [0.3, 0.4) is 0 Å². The Kier molecular flexibility index (Phi) is 7.23. The minimum atomic E-state index is -0.545. The largest absolute Gasteiger partial charge is 0.507 e. The number of unbranched alkanes of at least 4 members (excludes halogenated alkanes) is 1. The number of carbonyl (C=O) groups is 2. The van der Waals surface area contributed by atoms with Crippen molar-refractivity contribution in [1.82, 2.24) is 0 Å². The molecule has 0 amide bonds. The fourth-order valence-corrected chi connectivity index (χ4v) is 2.43. The van der Waals surface area contributed by atoms with E-state index in [9.17, 15) is 19.8 Å². The number of rotatable bonds is 9. The molecule has 27 heavy (non-hydrogen) atoms. The van der Waals surface area contributed by atoms with Crippen LogP contribution in [0.4, 0.5) is 0 Å². The topological polar surface area (TPSA) is 93.1 Å². The molecule has 2 N–H and O–H groups in total. The lowest BCUT2D eigenvalue weighted by molar-refractivity contribution is -0.134. The van der Waals surface area contributed by atoms with Crippen LogP contribution >= 0.6 is 0 Å². The summed E-state index contributed by atoms with van der Waals surface area (Å²) in [6, 6.07) is 8.42. The van der Waals surface area contributed by atoms with Gasteiger partial charge < -0.3 is 19.7 Å². The van der Waals surface area contributed by atoms with Gasteiger partial charge in [0, 0.05) is 18.6 Å². The third kappa shape index (κ3) is 5.48. The number of benzene rings is 2. The van der Waals surface area contributed by atoms with E-state index >= 15 is 0 Å². The van der Waals surface area contributed by atoms with Gasteiger partial charge in [-0.05, 0) is 37.1 Å². The molecule has 0 aliphatic heterocycles. The van der Waals surface area contributed by atoms with E-state index in [0.29, 0.717) is 18.8 Å². The molecule has 0 aromatic heterocycles. The molecule has 0 fully saturated rings.